The van der Waals surface area contributed by atoms with Crippen LogP contribution in [-0.4, -0.2) is 66.0 Å². The van der Waals surface area contributed by atoms with Gasteiger partial charge in [-0.05, 0) is 39.3 Å². The SMILES string of the molecule is CSCC[C@H](N)C(=O)N1CC(C)N(C)C(C)C1. The molecular weight excluding hydrogens is 234 g/mol. The zero-order chi connectivity index (χ0) is 13.0. The number of carbonyl (C=O) groups excluding carboxylic acids is 1. The fraction of sp³-hybridized carbons (Fsp3) is 0.917. The summed E-state index contributed by atoms with van der Waals surface area (Å²) >= 11 is 1.74. The normalized spacial score (nSPS) is 28.2. The van der Waals surface area contributed by atoms with Crippen LogP contribution in [0.3, 0.4) is 0 Å². The average Bonchev–Trinajstić information content (AvgIpc) is 2.31. The van der Waals surface area contributed by atoms with Gasteiger partial charge in [-0.2, -0.15) is 11.8 Å². The van der Waals surface area contributed by atoms with Gasteiger partial charge in [-0.3, -0.25) is 9.69 Å². The molecule has 1 fully saturated rings. The van der Waals surface area contributed by atoms with E-state index in [0.29, 0.717) is 12.1 Å². The summed E-state index contributed by atoms with van der Waals surface area (Å²) in [4.78, 5) is 16.4. The van der Waals surface area contributed by atoms with E-state index in [-0.39, 0.29) is 11.9 Å². The lowest BCUT2D eigenvalue weighted by molar-refractivity contribution is -0.136. The van der Waals surface area contributed by atoms with Crippen molar-refractivity contribution in [2.45, 2.75) is 38.4 Å². The molecule has 5 heteroatoms. The summed E-state index contributed by atoms with van der Waals surface area (Å²) in [7, 11) is 2.12. The van der Waals surface area contributed by atoms with Crippen molar-refractivity contribution in [1.82, 2.24) is 9.80 Å². The Labute approximate surface area is 109 Å². The van der Waals surface area contributed by atoms with E-state index in [1.54, 1.807) is 11.8 Å². The molecule has 0 bridgehead atoms. The molecule has 2 N–H and O–H groups in total. The maximum atomic E-state index is 12.2. The smallest absolute Gasteiger partial charge is 0.239 e. The van der Waals surface area contributed by atoms with Crippen LogP contribution < -0.4 is 5.73 Å². The molecule has 4 nitrogen and oxygen atoms in total. The largest absolute Gasteiger partial charge is 0.338 e. The van der Waals surface area contributed by atoms with Gasteiger partial charge in [0.2, 0.25) is 5.91 Å². The molecule has 1 heterocycles. The van der Waals surface area contributed by atoms with Crippen LogP contribution in [0.15, 0.2) is 0 Å². The number of amides is 1. The lowest BCUT2D eigenvalue weighted by atomic mass is 10.1. The van der Waals surface area contributed by atoms with E-state index in [1.807, 2.05) is 11.2 Å². The molecule has 1 aliphatic rings. The fourth-order valence-electron chi connectivity index (χ4n) is 2.19. The van der Waals surface area contributed by atoms with Crippen LogP contribution in [0, 0.1) is 0 Å². The van der Waals surface area contributed by atoms with Gasteiger partial charge in [0.05, 0.1) is 6.04 Å². The van der Waals surface area contributed by atoms with Crippen molar-refractivity contribution in [2.24, 2.45) is 5.73 Å². The summed E-state index contributed by atoms with van der Waals surface area (Å²) in [6.07, 6.45) is 2.81. The van der Waals surface area contributed by atoms with Crippen molar-refractivity contribution in [3.05, 3.63) is 0 Å². The summed E-state index contributed by atoms with van der Waals surface area (Å²) in [5.41, 5.74) is 5.94. The Balaban J connectivity index is 2.52. The van der Waals surface area contributed by atoms with E-state index >= 15 is 0 Å². The predicted octanol–water partition coefficient (Wildman–Crippen LogP) is 0.618. The van der Waals surface area contributed by atoms with Gasteiger partial charge < -0.3 is 10.6 Å². The first kappa shape index (κ1) is 14.8. The van der Waals surface area contributed by atoms with Gasteiger partial charge in [-0.1, -0.05) is 0 Å². The van der Waals surface area contributed by atoms with Gasteiger partial charge in [-0.15, -0.1) is 0 Å². The average molecular weight is 259 g/mol. The standard InChI is InChI=1S/C12H25N3OS/c1-9-7-15(8-10(2)14(9)3)12(16)11(13)5-6-17-4/h9-11H,5-8,13H2,1-4H3/t9?,10?,11-/m0/s1. The van der Waals surface area contributed by atoms with E-state index in [2.05, 4.69) is 25.8 Å². The second kappa shape index (κ2) is 6.61. The second-order valence-corrected chi connectivity index (χ2v) is 5.98. The highest BCUT2D eigenvalue weighted by Crippen LogP contribution is 2.14. The summed E-state index contributed by atoms with van der Waals surface area (Å²) < 4.78 is 0. The number of piperazine rings is 1. The third-order valence-electron chi connectivity index (χ3n) is 3.62. The van der Waals surface area contributed by atoms with Crippen LogP contribution in [0.5, 0.6) is 0 Å². The minimum atomic E-state index is -0.328. The minimum absolute atomic E-state index is 0.117. The highest BCUT2D eigenvalue weighted by molar-refractivity contribution is 7.98. The lowest BCUT2D eigenvalue weighted by Gasteiger charge is -2.43. The van der Waals surface area contributed by atoms with Crippen molar-refractivity contribution in [1.29, 1.82) is 0 Å². The Morgan fingerprint density at radius 3 is 2.41 bits per heavy atom. The molecule has 3 atom stereocenters. The van der Waals surface area contributed by atoms with Crippen molar-refractivity contribution < 1.29 is 4.79 Å². The van der Waals surface area contributed by atoms with E-state index in [9.17, 15) is 4.79 Å². The summed E-state index contributed by atoms with van der Waals surface area (Å²) in [5, 5.41) is 0. The van der Waals surface area contributed by atoms with Gasteiger partial charge in [0.25, 0.3) is 0 Å². The number of rotatable bonds is 4. The minimum Gasteiger partial charge on any atom is -0.338 e. The van der Waals surface area contributed by atoms with Crippen LogP contribution in [0.4, 0.5) is 0 Å². The number of nitrogens with zero attached hydrogens (tertiary/aromatic N) is 2. The third-order valence-corrected chi connectivity index (χ3v) is 4.27. The number of nitrogens with two attached hydrogens (primary N) is 1. The first-order valence-corrected chi connectivity index (χ1v) is 7.62. The lowest BCUT2D eigenvalue weighted by Crippen LogP contribution is -2.59. The Morgan fingerprint density at radius 1 is 1.41 bits per heavy atom. The molecule has 0 radical (unpaired) electrons. The Kier molecular flexibility index (Phi) is 5.76. The monoisotopic (exact) mass is 259 g/mol. The Bertz CT molecular complexity index is 250. The maximum Gasteiger partial charge on any atom is 0.239 e. The summed E-state index contributed by atoms with van der Waals surface area (Å²) in [5.74, 6) is 1.07. The van der Waals surface area contributed by atoms with Gasteiger partial charge in [0.1, 0.15) is 0 Å². The number of carbonyl (C=O) groups is 1. The van der Waals surface area contributed by atoms with Crippen molar-refractivity contribution >= 4 is 17.7 Å². The van der Waals surface area contributed by atoms with Gasteiger partial charge in [-0.25, -0.2) is 0 Å². The van der Waals surface area contributed by atoms with Crippen LogP contribution >= 0.6 is 11.8 Å². The molecule has 0 aromatic heterocycles. The third kappa shape index (κ3) is 3.86. The molecule has 1 rings (SSSR count). The van der Waals surface area contributed by atoms with Crippen LogP contribution in [0.2, 0.25) is 0 Å². The Hall–Kier alpha value is -0.260. The second-order valence-electron chi connectivity index (χ2n) is 4.99. The van der Waals surface area contributed by atoms with Crippen molar-refractivity contribution in [3.63, 3.8) is 0 Å². The Morgan fingerprint density at radius 2 is 1.94 bits per heavy atom. The summed E-state index contributed by atoms with van der Waals surface area (Å²) in [6, 6.07) is 0.496. The van der Waals surface area contributed by atoms with Gasteiger partial charge in [0, 0.05) is 25.2 Å². The highest BCUT2D eigenvalue weighted by atomic mass is 32.2. The molecule has 0 aromatic carbocycles. The number of hydrogen-bond acceptors (Lipinski definition) is 4. The van der Waals surface area contributed by atoms with E-state index in [4.69, 9.17) is 5.73 Å². The van der Waals surface area contributed by atoms with Gasteiger partial charge >= 0.3 is 0 Å². The number of likely N-dealkylation sites (N-methyl/N-ethyl adjacent to an activating group) is 1. The molecule has 1 aliphatic heterocycles. The first-order chi connectivity index (χ1) is 7.97. The molecule has 1 saturated heterocycles. The fourth-order valence-corrected chi connectivity index (χ4v) is 2.68. The van der Waals surface area contributed by atoms with E-state index < -0.39 is 0 Å². The molecule has 17 heavy (non-hydrogen) atoms. The summed E-state index contributed by atoms with van der Waals surface area (Å²) in [6.45, 7) is 5.91. The van der Waals surface area contributed by atoms with E-state index in [0.717, 1.165) is 25.3 Å². The first-order valence-electron chi connectivity index (χ1n) is 6.22. The zero-order valence-electron chi connectivity index (χ0n) is 11.3. The molecule has 2 unspecified atom stereocenters. The molecule has 0 spiro atoms. The molecule has 0 aromatic rings. The molecule has 0 aliphatic carbocycles. The molecular formula is C12H25N3OS. The zero-order valence-corrected chi connectivity index (χ0v) is 12.2. The molecule has 0 saturated carbocycles. The quantitative estimate of drug-likeness (QED) is 0.804. The topological polar surface area (TPSA) is 49.6 Å². The predicted molar refractivity (Wildman–Crippen MR) is 74.2 cm³/mol. The van der Waals surface area contributed by atoms with Crippen molar-refractivity contribution in [2.75, 3.05) is 32.1 Å². The van der Waals surface area contributed by atoms with Crippen LogP contribution in [-0.2, 0) is 4.79 Å². The van der Waals surface area contributed by atoms with Crippen LogP contribution in [0.25, 0.3) is 0 Å². The van der Waals surface area contributed by atoms with Crippen LogP contribution in [0.1, 0.15) is 20.3 Å². The molecule has 100 valence electrons. The van der Waals surface area contributed by atoms with Crippen molar-refractivity contribution in [3.8, 4) is 0 Å². The number of thioether (sulfide) groups is 1. The highest BCUT2D eigenvalue weighted by Gasteiger charge is 2.31. The maximum absolute atomic E-state index is 12.2. The van der Waals surface area contributed by atoms with E-state index in [1.165, 1.54) is 0 Å². The van der Waals surface area contributed by atoms with Gasteiger partial charge in [0.15, 0.2) is 0 Å². The molecule has 1 amide bonds. The number of hydrogen-bond donors (Lipinski definition) is 1.